The number of halogens is 1. The Morgan fingerprint density at radius 1 is 1.44 bits per heavy atom. The predicted octanol–water partition coefficient (Wildman–Crippen LogP) is 2.28. The number of nitrogens with zero attached hydrogens (tertiary/aromatic N) is 2. The first kappa shape index (κ1) is 11.4. The largest absolute Gasteiger partial charge is 0.333 e. The maximum absolute atomic E-state index is 13.9. The maximum atomic E-state index is 13.9. The summed E-state index contributed by atoms with van der Waals surface area (Å²) in [5, 5.41) is 3.39. The van der Waals surface area contributed by atoms with Crippen molar-refractivity contribution in [2.45, 2.75) is 25.9 Å². The number of hydrogen-bond donors (Lipinski definition) is 1. The zero-order chi connectivity index (χ0) is 12.5. The Labute approximate surface area is 106 Å². The first-order valence-corrected chi connectivity index (χ1v) is 6.33. The Bertz CT molecular complexity index is 548. The molecule has 0 amide bonds. The molecule has 1 atom stereocenters. The van der Waals surface area contributed by atoms with Gasteiger partial charge in [0.25, 0.3) is 0 Å². The zero-order valence-corrected chi connectivity index (χ0v) is 10.4. The highest BCUT2D eigenvalue weighted by Crippen LogP contribution is 2.29. The lowest BCUT2D eigenvalue weighted by Gasteiger charge is -2.26. The minimum atomic E-state index is -0.160. The molecular weight excluding hydrogens is 229 g/mol. The number of hydrogen-bond acceptors (Lipinski definition) is 2. The molecule has 4 heteroatoms. The van der Waals surface area contributed by atoms with Crippen molar-refractivity contribution >= 4 is 0 Å². The van der Waals surface area contributed by atoms with Crippen LogP contribution in [0.3, 0.4) is 0 Å². The van der Waals surface area contributed by atoms with Gasteiger partial charge in [-0.15, -0.1) is 0 Å². The second kappa shape index (κ2) is 4.53. The van der Waals surface area contributed by atoms with Crippen LogP contribution in [0.25, 0.3) is 0 Å². The molecule has 3 nitrogen and oxygen atoms in total. The lowest BCUT2D eigenvalue weighted by atomic mass is 9.97. The van der Waals surface area contributed by atoms with Gasteiger partial charge in [0.1, 0.15) is 5.82 Å². The van der Waals surface area contributed by atoms with E-state index >= 15 is 0 Å². The molecule has 0 bridgehead atoms. The van der Waals surface area contributed by atoms with E-state index in [9.17, 15) is 4.39 Å². The third kappa shape index (κ3) is 1.73. The molecule has 0 spiro atoms. The van der Waals surface area contributed by atoms with E-state index in [4.69, 9.17) is 0 Å². The van der Waals surface area contributed by atoms with Crippen molar-refractivity contribution in [2.75, 3.05) is 6.54 Å². The third-order valence-corrected chi connectivity index (χ3v) is 3.50. The summed E-state index contributed by atoms with van der Waals surface area (Å²) in [5.41, 5.74) is 2.89. The van der Waals surface area contributed by atoms with Crippen LogP contribution in [0.1, 0.15) is 29.9 Å². The van der Waals surface area contributed by atoms with Gasteiger partial charge in [-0.1, -0.05) is 18.2 Å². The average Bonchev–Trinajstić information content (AvgIpc) is 2.82. The van der Waals surface area contributed by atoms with Crippen LogP contribution in [0.15, 0.2) is 30.6 Å². The van der Waals surface area contributed by atoms with E-state index in [1.807, 2.05) is 18.5 Å². The van der Waals surface area contributed by atoms with E-state index in [0.717, 1.165) is 30.9 Å². The highest BCUT2D eigenvalue weighted by Gasteiger charge is 2.27. The summed E-state index contributed by atoms with van der Waals surface area (Å²) in [4.78, 5) is 4.43. The van der Waals surface area contributed by atoms with Gasteiger partial charge in [0.15, 0.2) is 0 Å². The second-order valence-electron chi connectivity index (χ2n) is 4.52. The quantitative estimate of drug-likeness (QED) is 0.879. The van der Waals surface area contributed by atoms with E-state index in [1.165, 1.54) is 6.07 Å². The summed E-state index contributed by atoms with van der Waals surface area (Å²) in [6, 6.07) is 6.87. The van der Waals surface area contributed by atoms with Crippen LogP contribution in [-0.2, 0) is 13.0 Å². The molecule has 1 unspecified atom stereocenters. The molecule has 18 heavy (non-hydrogen) atoms. The van der Waals surface area contributed by atoms with Gasteiger partial charge in [0, 0.05) is 25.1 Å². The SMILES string of the molecule is CCn1cnc2c1C(c1ccccc1F)NCC2. The molecule has 3 rings (SSSR count). The molecular formula is C14H16FN3. The fourth-order valence-corrected chi connectivity index (χ4v) is 2.61. The zero-order valence-electron chi connectivity index (χ0n) is 10.4. The number of nitrogens with one attached hydrogen (secondary N) is 1. The lowest BCUT2D eigenvalue weighted by molar-refractivity contribution is 0.498. The van der Waals surface area contributed by atoms with Crippen molar-refractivity contribution < 1.29 is 4.39 Å². The van der Waals surface area contributed by atoms with E-state index < -0.39 is 0 Å². The Balaban J connectivity index is 2.11. The van der Waals surface area contributed by atoms with Gasteiger partial charge in [-0.05, 0) is 13.0 Å². The van der Waals surface area contributed by atoms with Crippen molar-refractivity contribution in [1.82, 2.24) is 14.9 Å². The highest BCUT2D eigenvalue weighted by molar-refractivity contribution is 5.34. The van der Waals surface area contributed by atoms with Gasteiger partial charge >= 0.3 is 0 Å². The molecule has 0 radical (unpaired) electrons. The molecule has 1 aliphatic rings. The normalized spacial score (nSPS) is 18.7. The number of benzene rings is 1. The number of rotatable bonds is 2. The van der Waals surface area contributed by atoms with Gasteiger partial charge in [-0.2, -0.15) is 0 Å². The Morgan fingerprint density at radius 2 is 2.28 bits per heavy atom. The molecule has 94 valence electrons. The summed E-state index contributed by atoms with van der Waals surface area (Å²) in [5.74, 6) is -0.160. The van der Waals surface area contributed by atoms with E-state index in [2.05, 4.69) is 21.8 Å². The molecule has 0 saturated heterocycles. The standard InChI is InChI=1S/C14H16FN3/c1-2-18-9-17-12-7-8-16-13(14(12)18)10-5-3-4-6-11(10)15/h3-6,9,13,16H,2,7-8H2,1H3. The monoisotopic (exact) mass is 245 g/mol. The molecule has 1 N–H and O–H groups in total. The van der Waals surface area contributed by atoms with E-state index in [0.29, 0.717) is 5.56 Å². The van der Waals surface area contributed by atoms with Crippen LogP contribution in [0.4, 0.5) is 4.39 Å². The summed E-state index contributed by atoms with van der Waals surface area (Å²) in [7, 11) is 0. The van der Waals surface area contributed by atoms with Gasteiger partial charge in [0.2, 0.25) is 0 Å². The summed E-state index contributed by atoms with van der Waals surface area (Å²) < 4.78 is 16.0. The van der Waals surface area contributed by atoms with Crippen LogP contribution in [-0.4, -0.2) is 16.1 Å². The van der Waals surface area contributed by atoms with Gasteiger partial charge < -0.3 is 9.88 Å². The molecule has 1 aromatic heterocycles. The van der Waals surface area contributed by atoms with Crippen molar-refractivity contribution in [3.05, 3.63) is 53.4 Å². The number of imidazole rings is 1. The highest BCUT2D eigenvalue weighted by atomic mass is 19.1. The topological polar surface area (TPSA) is 29.9 Å². The second-order valence-corrected chi connectivity index (χ2v) is 4.52. The summed E-state index contributed by atoms with van der Waals surface area (Å²) in [6.07, 6.45) is 2.76. The number of aromatic nitrogens is 2. The van der Waals surface area contributed by atoms with Crippen molar-refractivity contribution in [3.63, 3.8) is 0 Å². The number of aryl methyl sites for hydroxylation is 1. The Hall–Kier alpha value is -1.68. The van der Waals surface area contributed by atoms with Crippen LogP contribution < -0.4 is 5.32 Å². The maximum Gasteiger partial charge on any atom is 0.128 e. The predicted molar refractivity (Wildman–Crippen MR) is 67.9 cm³/mol. The summed E-state index contributed by atoms with van der Waals surface area (Å²) >= 11 is 0. The molecule has 1 aromatic carbocycles. The van der Waals surface area contributed by atoms with Gasteiger partial charge in [-0.25, -0.2) is 9.37 Å². The first-order valence-electron chi connectivity index (χ1n) is 6.33. The Morgan fingerprint density at radius 3 is 3.06 bits per heavy atom. The molecule has 0 aliphatic carbocycles. The summed E-state index contributed by atoms with van der Waals surface area (Å²) in [6.45, 7) is 3.77. The van der Waals surface area contributed by atoms with Crippen LogP contribution in [0.5, 0.6) is 0 Å². The lowest BCUT2D eigenvalue weighted by Crippen LogP contribution is -2.32. The minimum Gasteiger partial charge on any atom is -0.333 e. The molecule has 2 aromatic rings. The smallest absolute Gasteiger partial charge is 0.128 e. The molecule has 0 saturated carbocycles. The van der Waals surface area contributed by atoms with Crippen molar-refractivity contribution in [1.29, 1.82) is 0 Å². The van der Waals surface area contributed by atoms with Crippen LogP contribution in [0, 0.1) is 5.82 Å². The molecule has 0 fully saturated rings. The number of fused-ring (bicyclic) bond motifs is 1. The Kier molecular flexibility index (Phi) is 2.88. The van der Waals surface area contributed by atoms with Gasteiger partial charge in [0.05, 0.1) is 23.8 Å². The average molecular weight is 245 g/mol. The van der Waals surface area contributed by atoms with Crippen molar-refractivity contribution in [2.24, 2.45) is 0 Å². The minimum absolute atomic E-state index is 0.0857. The fourth-order valence-electron chi connectivity index (χ4n) is 2.61. The van der Waals surface area contributed by atoms with Crippen molar-refractivity contribution in [3.8, 4) is 0 Å². The van der Waals surface area contributed by atoms with E-state index in [1.54, 1.807) is 6.07 Å². The van der Waals surface area contributed by atoms with Gasteiger partial charge in [-0.3, -0.25) is 0 Å². The first-order chi connectivity index (χ1) is 8.81. The fraction of sp³-hybridized carbons (Fsp3) is 0.357. The van der Waals surface area contributed by atoms with Crippen LogP contribution >= 0.6 is 0 Å². The molecule has 2 heterocycles. The molecule has 1 aliphatic heterocycles. The van der Waals surface area contributed by atoms with Crippen LogP contribution in [0.2, 0.25) is 0 Å². The third-order valence-electron chi connectivity index (χ3n) is 3.50. The van der Waals surface area contributed by atoms with E-state index in [-0.39, 0.29) is 11.9 Å².